The van der Waals surface area contributed by atoms with Gasteiger partial charge < -0.3 is 20.9 Å². The Kier molecular flexibility index (Phi) is 5.99. The fraction of sp³-hybridized carbons (Fsp3) is 0.250. The van der Waals surface area contributed by atoms with Crippen molar-refractivity contribution < 1.29 is 14.4 Å². The van der Waals surface area contributed by atoms with Crippen molar-refractivity contribution in [2.75, 3.05) is 23.8 Å². The molecule has 0 fully saturated rings. The van der Waals surface area contributed by atoms with Crippen LogP contribution in [0.4, 0.5) is 11.4 Å². The maximum absolute atomic E-state index is 12.7. The van der Waals surface area contributed by atoms with Crippen molar-refractivity contribution in [2.45, 2.75) is 19.0 Å². The summed E-state index contributed by atoms with van der Waals surface area (Å²) in [6.07, 6.45) is 0. The third-order valence-electron chi connectivity index (χ3n) is 4.61. The van der Waals surface area contributed by atoms with E-state index in [0.29, 0.717) is 5.69 Å². The number of halogens is 1. The molecule has 146 valence electrons. The molecule has 0 saturated carbocycles. The lowest BCUT2D eigenvalue weighted by molar-refractivity contribution is -0.140. The van der Waals surface area contributed by atoms with Crippen LogP contribution in [0.3, 0.4) is 0 Å². The number of carbonyl (C=O) groups excluding carboxylic acids is 3. The Labute approximate surface area is 171 Å². The number of anilines is 2. The van der Waals surface area contributed by atoms with E-state index in [1.807, 2.05) is 48.5 Å². The van der Waals surface area contributed by atoms with Crippen LogP contribution in [-0.4, -0.2) is 37.4 Å². The van der Waals surface area contributed by atoms with E-state index in [1.165, 1.54) is 4.90 Å². The highest BCUT2D eigenvalue weighted by atomic mass is 79.9. The van der Waals surface area contributed by atoms with Gasteiger partial charge in [0.15, 0.2) is 0 Å². The Morgan fingerprint density at radius 1 is 1.18 bits per heavy atom. The molecule has 8 heteroatoms. The number of hydrogen-bond acceptors (Lipinski definition) is 4. The summed E-state index contributed by atoms with van der Waals surface area (Å²) in [5.74, 6) is -1.93. The summed E-state index contributed by atoms with van der Waals surface area (Å²) >= 11 is 3.39. The van der Waals surface area contributed by atoms with Crippen LogP contribution >= 0.6 is 15.9 Å². The smallest absolute Gasteiger partial charge is 0.310 e. The number of amides is 3. The van der Waals surface area contributed by atoms with Crippen molar-refractivity contribution in [1.29, 1.82) is 0 Å². The summed E-state index contributed by atoms with van der Waals surface area (Å²) in [6, 6.07) is 13.7. The van der Waals surface area contributed by atoms with Gasteiger partial charge in [-0.05, 0) is 30.7 Å². The van der Waals surface area contributed by atoms with Gasteiger partial charge in [-0.25, -0.2) is 0 Å². The molecule has 3 rings (SSSR count). The third-order valence-corrected chi connectivity index (χ3v) is 5.10. The van der Waals surface area contributed by atoms with Crippen LogP contribution in [0, 0.1) is 0 Å². The maximum Gasteiger partial charge on any atom is 0.310 e. The molecule has 7 nitrogen and oxygen atoms in total. The van der Waals surface area contributed by atoms with Crippen molar-refractivity contribution in [1.82, 2.24) is 10.6 Å². The molecule has 0 spiro atoms. The maximum atomic E-state index is 12.7. The number of hydrogen-bond donors (Lipinski definition) is 3. The van der Waals surface area contributed by atoms with Gasteiger partial charge in [0.05, 0.1) is 17.4 Å². The van der Waals surface area contributed by atoms with E-state index < -0.39 is 17.9 Å². The van der Waals surface area contributed by atoms with E-state index in [0.717, 1.165) is 15.7 Å². The van der Waals surface area contributed by atoms with Gasteiger partial charge in [-0.2, -0.15) is 0 Å². The first kappa shape index (κ1) is 19.9. The van der Waals surface area contributed by atoms with Crippen LogP contribution in [-0.2, 0) is 14.4 Å². The molecule has 0 aromatic heterocycles. The summed E-state index contributed by atoms with van der Waals surface area (Å²) in [5, 5.41) is 8.32. The minimum Gasteiger partial charge on any atom is -0.381 e. The quantitative estimate of drug-likeness (QED) is 0.632. The highest BCUT2D eigenvalue weighted by Crippen LogP contribution is 2.31. The van der Waals surface area contributed by atoms with Gasteiger partial charge >= 0.3 is 11.8 Å². The van der Waals surface area contributed by atoms with Gasteiger partial charge in [-0.1, -0.05) is 46.3 Å². The number of fused-ring (bicyclic) bond motifs is 1. The molecule has 0 aliphatic carbocycles. The van der Waals surface area contributed by atoms with Crippen molar-refractivity contribution >= 4 is 45.0 Å². The number of nitrogens with zero attached hydrogens (tertiary/aromatic N) is 1. The Morgan fingerprint density at radius 2 is 1.89 bits per heavy atom. The van der Waals surface area contributed by atoms with Crippen LogP contribution < -0.4 is 20.9 Å². The fourth-order valence-corrected chi connectivity index (χ4v) is 3.36. The van der Waals surface area contributed by atoms with Gasteiger partial charge in [-0.15, -0.1) is 0 Å². The lowest BCUT2D eigenvalue weighted by Crippen LogP contribution is -2.53. The zero-order valence-electron chi connectivity index (χ0n) is 15.5. The molecule has 0 bridgehead atoms. The second kappa shape index (κ2) is 8.43. The highest BCUT2D eigenvalue weighted by molar-refractivity contribution is 9.10. The minimum absolute atomic E-state index is 0.186. The Morgan fingerprint density at radius 3 is 2.61 bits per heavy atom. The van der Waals surface area contributed by atoms with E-state index in [1.54, 1.807) is 14.0 Å². The highest BCUT2D eigenvalue weighted by Gasteiger charge is 2.31. The lowest BCUT2D eigenvalue weighted by atomic mass is 10.1. The summed E-state index contributed by atoms with van der Waals surface area (Å²) in [4.78, 5) is 38.8. The Hall–Kier alpha value is -2.87. The molecule has 1 aliphatic heterocycles. The second-order valence-electron chi connectivity index (χ2n) is 6.57. The number of carbonyl (C=O) groups is 3. The summed E-state index contributed by atoms with van der Waals surface area (Å²) in [7, 11) is 1.64. The molecule has 2 atom stereocenters. The predicted molar refractivity (Wildman–Crippen MR) is 111 cm³/mol. The van der Waals surface area contributed by atoms with Gasteiger partial charge in [0, 0.05) is 18.1 Å². The molecule has 0 saturated heterocycles. The molecular formula is C20H21BrN4O3. The molecule has 28 heavy (non-hydrogen) atoms. The number of likely N-dealkylation sites (N-methyl/N-ethyl adjacent to an activating group) is 1. The van der Waals surface area contributed by atoms with Crippen molar-refractivity contribution in [3.63, 3.8) is 0 Å². The van der Waals surface area contributed by atoms with Crippen LogP contribution in [0.5, 0.6) is 0 Å². The van der Waals surface area contributed by atoms with Crippen molar-refractivity contribution in [3.05, 3.63) is 58.6 Å². The largest absolute Gasteiger partial charge is 0.381 e. The summed E-state index contributed by atoms with van der Waals surface area (Å²) in [6.45, 7) is 1.98. The second-order valence-corrected chi connectivity index (χ2v) is 7.49. The Bertz CT molecular complexity index is 904. The van der Waals surface area contributed by atoms with Crippen LogP contribution in [0.25, 0.3) is 0 Å². The lowest BCUT2D eigenvalue weighted by Gasteiger charge is -2.21. The first-order valence-electron chi connectivity index (χ1n) is 8.84. The van der Waals surface area contributed by atoms with E-state index >= 15 is 0 Å². The summed E-state index contributed by atoms with van der Waals surface area (Å²) in [5.41, 5.74) is 2.35. The molecule has 0 radical (unpaired) electrons. The van der Waals surface area contributed by atoms with Crippen LogP contribution in [0.1, 0.15) is 18.5 Å². The molecular weight excluding hydrogens is 424 g/mol. The Balaban J connectivity index is 1.65. The molecule has 1 aliphatic rings. The average Bonchev–Trinajstić information content (AvgIpc) is 2.81. The molecule has 3 amide bonds. The first-order chi connectivity index (χ1) is 13.4. The van der Waals surface area contributed by atoms with Crippen LogP contribution in [0.15, 0.2) is 53.0 Å². The SMILES string of the molecule is C[C@@H](NC(=O)C(=O)N[C@H]1CNc2ccc(Br)cc2N(C)C1=O)c1ccccc1. The zero-order chi connectivity index (χ0) is 20.3. The van der Waals surface area contributed by atoms with Crippen molar-refractivity contribution in [3.8, 4) is 0 Å². The molecule has 2 aromatic rings. The normalized spacial score (nSPS) is 17.0. The van der Waals surface area contributed by atoms with E-state index in [2.05, 4.69) is 31.9 Å². The molecule has 3 N–H and O–H groups in total. The number of benzene rings is 2. The molecule has 2 aromatic carbocycles. The van der Waals surface area contributed by atoms with Gasteiger partial charge in [-0.3, -0.25) is 14.4 Å². The van der Waals surface area contributed by atoms with Crippen LogP contribution in [0.2, 0.25) is 0 Å². The molecule has 1 heterocycles. The van der Waals surface area contributed by atoms with E-state index in [4.69, 9.17) is 0 Å². The van der Waals surface area contributed by atoms with Gasteiger partial charge in [0.2, 0.25) is 0 Å². The number of rotatable bonds is 3. The number of nitrogens with one attached hydrogen (secondary N) is 3. The fourth-order valence-electron chi connectivity index (χ4n) is 3.01. The van der Waals surface area contributed by atoms with Crippen molar-refractivity contribution in [2.24, 2.45) is 0 Å². The first-order valence-corrected chi connectivity index (χ1v) is 9.63. The van der Waals surface area contributed by atoms with E-state index in [9.17, 15) is 14.4 Å². The third kappa shape index (κ3) is 4.33. The molecule has 0 unspecified atom stereocenters. The van der Waals surface area contributed by atoms with Gasteiger partial charge in [0.1, 0.15) is 6.04 Å². The summed E-state index contributed by atoms with van der Waals surface area (Å²) < 4.78 is 0.837. The monoisotopic (exact) mass is 444 g/mol. The predicted octanol–water partition coefficient (Wildman–Crippen LogP) is 2.20. The topological polar surface area (TPSA) is 90.5 Å². The minimum atomic E-state index is -0.860. The standard InChI is InChI=1S/C20H21BrN4O3/c1-12(13-6-4-3-5-7-13)23-18(26)19(27)24-16-11-22-15-9-8-14(21)10-17(15)25(2)20(16)28/h3-10,12,16,22H,11H2,1-2H3,(H,23,26)(H,24,27)/t12-,16+/m1/s1. The zero-order valence-corrected chi connectivity index (χ0v) is 17.1. The van der Waals surface area contributed by atoms with Gasteiger partial charge in [0.25, 0.3) is 5.91 Å². The van der Waals surface area contributed by atoms with E-state index in [-0.39, 0.29) is 18.5 Å². The average molecular weight is 445 g/mol.